The summed E-state index contributed by atoms with van der Waals surface area (Å²) in [5, 5.41) is 2.97. The van der Waals surface area contributed by atoms with Gasteiger partial charge in [0.2, 0.25) is 5.91 Å². The molecule has 0 saturated heterocycles. The quantitative estimate of drug-likeness (QED) is 0.595. The predicted octanol–water partition coefficient (Wildman–Crippen LogP) is -0.596. The molecule has 0 spiro atoms. The second-order valence-corrected chi connectivity index (χ2v) is 6.06. The number of hydrogen-bond donors (Lipinski definition) is 4. The second kappa shape index (κ2) is 5.27. The maximum atomic E-state index is 11.6. The number of nitrogens with zero attached hydrogens (tertiary/aromatic N) is 1. The van der Waals surface area contributed by atoms with Crippen LogP contribution in [-0.2, 0) is 15.0 Å². The highest BCUT2D eigenvalue weighted by Crippen LogP contribution is 2.32. The molecule has 1 aromatic carbocycles. The Labute approximate surface area is 117 Å². The molecule has 2 rings (SSSR count). The van der Waals surface area contributed by atoms with Crippen molar-refractivity contribution in [1.29, 1.82) is 0 Å². The summed E-state index contributed by atoms with van der Waals surface area (Å²) in [6.07, 6.45) is -0.866. The van der Waals surface area contributed by atoms with E-state index in [1.165, 1.54) is 4.90 Å². The Morgan fingerprint density at radius 3 is 2.80 bits per heavy atom. The number of anilines is 2. The second-order valence-electron chi connectivity index (χ2n) is 4.61. The Morgan fingerprint density at radius 2 is 2.15 bits per heavy atom. The molecule has 20 heavy (non-hydrogen) atoms. The van der Waals surface area contributed by atoms with Crippen LogP contribution in [0.4, 0.5) is 11.4 Å². The zero-order chi connectivity index (χ0) is 14.9. The van der Waals surface area contributed by atoms with Gasteiger partial charge in [-0.2, -0.15) is 13.1 Å². The maximum absolute atomic E-state index is 11.6. The number of carbonyl (C=O) groups excluding carboxylic acids is 1. The van der Waals surface area contributed by atoms with E-state index in [1.54, 1.807) is 32.3 Å². The van der Waals surface area contributed by atoms with E-state index in [9.17, 15) is 13.2 Å². The lowest BCUT2D eigenvalue weighted by Gasteiger charge is -2.27. The fraction of sp³-hybridized carbons (Fsp3) is 0.364. The van der Waals surface area contributed by atoms with Gasteiger partial charge >= 0.3 is 10.2 Å². The summed E-state index contributed by atoms with van der Waals surface area (Å²) < 4.78 is 27.6. The first-order valence-corrected chi connectivity index (χ1v) is 7.41. The van der Waals surface area contributed by atoms with Gasteiger partial charge in [0.05, 0.1) is 12.2 Å². The predicted molar refractivity (Wildman–Crippen MR) is 76.2 cm³/mol. The SMILES string of the molecule is CN(C)C(=O)CNc1cccc2c1C(N)NS(=O)(=O)N2. The van der Waals surface area contributed by atoms with E-state index in [1.807, 2.05) is 0 Å². The van der Waals surface area contributed by atoms with Gasteiger partial charge in [-0.05, 0) is 12.1 Å². The van der Waals surface area contributed by atoms with Crippen molar-refractivity contribution in [3.05, 3.63) is 23.8 Å². The average Bonchev–Trinajstić information content (AvgIpc) is 2.33. The molecule has 0 radical (unpaired) electrons. The zero-order valence-electron chi connectivity index (χ0n) is 11.2. The highest BCUT2D eigenvalue weighted by molar-refractivity contribution is 7.90. The molecule has 1 heterocycles. The number of rotatable bonds is 3. The third-order valence-corrected chi connectivity index (χ3v) is 3.93. The minimum atomic E-state index is -3.63. The molecule has 9 heteroatoms. The molecule has 1 amide bonds. The molecule has 0 aromatic heterocycles. The van der Waals surface area contributed by atoms with E-state index in [-0.39, 0.29) is 12.5 Å². The largest absolute Gasteiger partial charge is 0.376 e. The Bertz CT molecular complexity index is 629. The Hall–Kier alpha value is -1.84. The van der Waals surface area contributed by atoms with E-state index in [4.69, 9.17) is 5.73 Å². The van der Waals surface area contributed by atoms with Gasteiger partial charge in [-0.15, -0.1) is 0 Å². The molecule has 1 unspecified atom stereocenters. The lowest BCUT2D eigenvalue weighted by molar-refractivity contribution is -0.126. The highest BCUT2D eigenvalue weighted by atomic mass is 32.2. The van der Waals surface area contributed by atoms with Gasteiger partial charge < -0.3 is 16.0 Å². The Kier molecular flexibility index (Phi) is 3.84. The monoisotopic (exact) mass is 299 g/mol. The molecule has 1 aromatic rings. The molecule has 5 N–H and O–H groups in total. The van der Waals surface area contributed by atoms with Gasteiger partial charge in [-0.1, -0.05) is 6.07 Å². The molecule has 1 aliphatic rings. The van der Waals surface area contributed by atoms with E-state index in [2.05, 4.69) is 14.8 Å². The van der Waals surface area contributed by atoms with Crippen LogP contribution < -0.4 is 20.5 Å². The van der Waals surface area contributed by atoms with Crippen molar-refractivity contribution in [2.45, 2.75) is 6.17 Å². The molecule has 0 fully saturated rings. The molecule has 110 valence electrons. The van der Waals surface area contributed by atoms with Gasteiger partial charge in [0, 0.05) is 25.3 Å². The van der Waals surface area contributed by atoms with Gasteiger partial charge in [0.25, 0.3) is 0 Å². The zero-order valence-corrected chi connectivity index (χ0v) is 12.0. The minimum Gasteiger partial charge on any atom is -0.376 e. The number of nitrogens with one attached hydrogen (secondary N) is 3. The molecule has 8 nitrogen and oxygen atoms in total. The molecule has 0 bridgehead atoms. The van der Waals surface area contributed by atoms with Crippen LogP contribution in [-0.4, -0.2) is 39.9 Å². The van der Waals surface area contributed by atoms with Crippen LogP contribution in [0.2, 0.25) is 0 Å². The third-order valence-electron chi connectivity index (χ3n) is 2.87. The van der Waals surface area contributed by atoms with Crippen molar-refractivity contribution in [3.63, 3.8) is 0 Å². The smallest absolute Gasteiger partial charge is 0.300 e. The Morgan fingerprint density at radius 1 is 1.45 bits per heavy atom. The lowest BCUT2D eigenvalue weighted by atomic mass is 10.1. The van der Waals surface area contributed by atoms with E-state index < -0.39 is 16.4 Å². The van der Waals surface area contributed by atoms with Crippen LogP contribution in [0.15, 0.2) is 18.2 Å². The molecule has 0 aliphatic carbocycles. The van der Waals surface area contributed by atoms with Crippen LogP contribution in [0.25, 0.3) is 0 Å². The summed E-state index contributed by atoms with van der Waals surface area (Å²) in [6, 6.07) is 5.04. The van der Waals surface area contributed by atoms with Gasteiger partial charge in [0.1, 0.15) is 6.17 Å². The topological polar surface area (TPSA) is 117 Å². The van der Waals surface area contributed by atoms with E-state index in [0.29, 0.717) is 16.9 Å². The van der Waals surface area contributed by atoms with Crippen molar-refractivity contribution >= 4 is 27.5 Å². The van der Waals surface area contributed by atoms with Crippen LogP contribution >= 0.6 is 0 Å². The van der Waals surface area contributed by atoms with Crippen LogP contribution in [0.1, 0.15) is 11.7 Å². The number of benzene rings is 1. The Balaban J connectivity index is 2.27. The van der Waals surface area contributed by atoms with Crippen LogP contribution in [0.3, 0.4) is 0 Å². The first kappa shape index (κ1) is 14.6. The number of fused-ring (bicyclic) bond motifs is 1. The molecule has 0 saturated carbocycles. The summed E-state index contributed by atoms with van der Waals surface area (Å²) in [5.74, 6) is -0.0967. The summed E-state index contributed by atoms with van der Waals surface area (Å²) in [6.45, 7) is 0.100. The number of nitrogens with two attached hydrogens (primary N) is 1. The van der Waals surface area contributed by atoms with Crippen molar-refractivity contribution in [1.82, 2.24) is 9.62 Å². The van der Waals surface area contributed by atoms with Gasteiger partial charge in [-0.25, -0.2) is 0 Å². The van der Waals surface area contributed by atoms with E-state index in [0.717, 1.165) is 0 Å². The summed E-state index contributed by atoms with van der Waals surface area (Å²) >= 11 is 0. The van der Waals surface area contributed by atoms with E-state index >= 15 is 0 Å². The van der Waals surface area contributed by atoms with Crippen molar-refractivity contribution in [3.8, 4) is 0 Å². The maximum Gasteiger partial charge on any atom is 0.300 e. The first-order chi connectivity index (χ1) is 9.30. The van der Waals surface area contributed by atoms with Crippen molar-refractivity contribution in [2.24, 2.45) is 5.73 Å². The summed E-state index contributed by atoms with van der Waals surface area (Å²) in [4.78, 5) is 13.0. The normalized spacial score (nSPS) is 19.6. The van der Waals surface area contributed by atoms with Crippen molar-refractivity contribution in [2.75, 3.05) is 30.7 Å². The summed E-state index contributed by atoms with van der Waals surface area (Å²) in [7, 11) is -0.318. The van der Waals surface area contributed by atoms with Crippen molar-refractivity contribution < 1.29 is 13.2 Å². The fourth-order valence-corrected chi connectivity index (χ4v) is 2.85. The standard InChI is InChI=1S/C11H17N5O3S/c1-16(2)9(17)6-13-7-4-3-5-8-10(7)11(12)15-20(18,19)14-8/h3-5,11,13-15H,6,12H2,1-2H3. The van der Waals surface area contributed by atoms with Crippen LogP contribution in [0, 0.1) is 0 Å². The minimum absolute atomic E-state index is 0.0967. The molecule has 1 aliphatic heterocycles. The number of amides is 1. The molecular weight excluding hydrogens is 282 g/mol. The number of likely N-dealkylation sites (N-methyl/N-ethyl adjacent to an activating group) is 1. The van der Waals surface area contributed by atoms with Gasteiger partial charge in [0.15, 0.2) is 0 Å². The fourth-order valence-electron chi connectivity index (χ4n) is 1.87. The first-order valence-electron chi connectivity index (χ1n) is 5.93. The molecular formula is C11H17N5O3S. The summed E-state index contributed by atoms with van der Waals surface area (Å²) in [5.41, 5.74) is 7.41. The third kappa shape index (κ3) is 3.00. The van der Waals surface area contributed by atoms with Crippen LogP contribution in [0.5, 0.6) is 0 Å². The lowest BCUT2D eigenvalue weighted by Crippen LogP contribution is -2.42. The number of carbonyl (C=O) groups is 1. The van der Waals surface area contributed by atoms with Gasteiger partial charge in [-0.3, -0.25) is 9.52 Å². The highest BCUT2D eigenvalue weighted by Gasteiger charge is 2.27. The number of hydrogen-bond acceptors (Lipinski definition) is 5. The average molecular weight is 299 g/mol. The molecule has 1 atom stereocenters.